The van der Waals surface area contributed by atoms with Crippen molar-refractivity contribution in [3.63, 3.8) is 0 Å². The van der Waals surface area contributed by atoms with Crippen molar-refractivity contribution in [2.75, 3.05) is 9.80 Å². The fourth-order valence-electron chi connectivity index (χ4n) is 6.42. The maximum atomic E-state index is 13.9. The molecule has 6 nitrogen and oxygen atoms in total. The standard InChI is InChI=1S/C40H32N2O4/c1-5-25-21-36(42-38(44)32-18-16-30(20-34(32)40(42)46)28-13-9-24(4)10-14-28)26(6-2)22-35(25)41-37(43)31-17-15-29(19-33(31)39(41)45)27-11-7-23(3)8-12-27/h7-22H,5-6H2,1-4H3. The number of carbonyl (C=O) groups excluding carboxylic acids is 4. The number of rotatable bonds is 6. The van der Waals surface area contributed by atoms with Crippen LogP contribution in [-0.4, -0.2) is 23.6 Å². The first-order valence-electron chi connectivity index (χ1n) is 15.6. The minimum atomic E-state index is -0.386. The normalized spacial score (nSPS) is 13.9. The van der Waals surface area contributed by atoms with Crippen molar-refractivity contribution in [2.45, 2.75) is 40.5 Å². The van der Waals surface area contributed by atoms with Crippen LogP contribution < -0.4 is 9.80 Å². The Kier molecular flexibility index (Phi) is 7.01. The Balaban J connectivity index is 1.25. The van der Waals surface area contributed by atoms with E-state index < -0.39 is 0 Å². The highest BCUT2D eigenvalue weighted by Gasteiger charge is 2.41. The SMILES string of the molecule is CCc1cc(N2C(=O)c3ccc(-c4ccc(C)cc4)cc3C2=O)c(CC)cc1N1C(=O)c2ccc(-c3ccc(C)cc3)cc2C1=O. The predicted molar refractivity (Wildman–Crippen MR) is 181 cm³/mol. The molecule has 0 aliphatic carbocycles. The summed E-state index contributed by atoms with van der Waals surface area (Å²) in [5.74, 6) is -1.54. The number of hydrogen-bond acceptors (Lipinski definition) is 4. The van der Waals surface area contributed by atoms with Gasteiger partial charge < -0.3 is 0 Å². The Morgan fingerprint density at radius 3 is 1.09 bits per heavy atom. The average molecular weight is 605 g/mol. The van der Waals surface area contributed by atoms with Crippen LogP contribution in [0.15, 0.2) is 97.1 Å². The summed E-state index contributed by atoms with van der Waals surface area (Å²) in [5, 5.41) is 0. The first kappa shape index (κ1) is 29.1. The summed E-state index contributed by atoms with van der Waals surface area (Å²) in [6.07, 6.45) is 0.962. The lowest BCUT2D eigenvalue weighted by molar-refractivity contribution is 0.0909. The van der Waals surface area contributed by atoms with Crippen molar-refractivity contribution in [1.29, 1.82) is 0 Å². The number of fused-ring (bicyclic) bond motifs is 2. The second kappa shape index (κ2) is 11.1. The Labute approximate surface area is 267 Å². The molecule has 0 aromatic heterocycles. The summed E-state index contributed by atoms with van der Waals surface area (Å²) in [6.45, 7) is 7.89. The van der Waals surface area contributed by atoms with Crippen LogP contribution in [0.1, 0.15) is 77.5 Å². The number of carbonyl (C=O) groups is 4. The van der Waals surface area contributed by atoms with Gasteiger partial charge in [-0.2, -0.15) is 0 Å². The lowest BCUT2D eigenvalue weighted by Gasteiger charge is -2.24. The van der Waals surface area contributed by atoms with Crippen molar-refractivity contribution < 1.29 is 19.2 Å². The van der Waals surface area contributed by atoms with E-state index >= 15 is 0 Å². The van der Waals surface area contributed by atoms with E-state index in [2.05, 4.69) is 0 Å². The molecule has 0 fully saturated rings. The zero-order valence-electron chi connectivity index (χ0n) is 26.2. The van der Waals surface area contributed by atoms with Gasteiger partial charge in [-0.1, -0.05) is 85.6 Å². The summed E-state index contributed by atoms with van der Waals surface area (Å²) in [6, 6.07) is 30.4. The lowest BCUT2D eigenvalue weighted by atomic mass is 9.99. The third-order valence-electron chi connectivity index (χ3n) is 9.07. The highest BCUT2D eigenvalue weighted by Crippen LogP contribution is 2.40. The van der Waals surface area contributed by atoms with Gasteiger partial charge in [0.25, 0.3) is 23.6 Å². The molecule has 0 spiro atoms. The molecule has 4 amide bonds. The topological polar surface area (TPSA) is 74.8 Å². The van der Waals surface area contributed by atoms with Gasteiger partial charge in [-0.25, -0.2) is 9.80 Å². The molecule has 2 aliphatic rings. The predicted octanol–water partition coefficient (Wildman–Crippen LogP) is 8.36. The van der Waals surface area contributed by atoms with E-state index in [4.69, 9.17) is 0 Å². The Hall–Kier alpha value is -5.62. The van der Waals surface area contributed by atoms with Gasteiger partial charge >= 0.3 is 0 Å². The number of benzene rings is 5. The number of aryl methyl sites for hydroxylation is 4. The van der Waals surface area contributed by atoms with Crippen LogP contribution in [0.25, 0.3) is 22.3 Å². The molecule has 0 unspecified atom stereocenters. The van der Waals surface area contributed by atoms with E-state index in [0.717, 1.165) is 33.4 Å². The number of hydrogen-bond donors (Lipinski definition) is 0. The second-order valence-corrected chi connectivity index (χ2v) is 12.0. The molecule has 2 heterocycles. The van der Waals surface area contributed by atoms with Crippen molar-refractivity contribution in [2.24, 2.45) is 0 Å². The smallest absolute Gasteiger partial charge is 0.266 e. The van der Waals surface area contributed by atoms with E-state index in [1.807, 2.05) is 88.4 Å². The number of imide groups is 2. The van der Waals surface area contributed by atoms with E-state index in [-0.39, 0.29) is 23.6 Å². The summed E-state index contributed by atoms with van der Waals surface area (Å²) >= 11 is 0. The van der Waals surface area contributed by atoms with Crippen LogP contribution in [0.5, 0.6) is 0 Å². The van der Waals surface area contributed by atoms with Gasteiger partial charge in [-0.15, -0.1) is 0 Å². The van der Waals surface area contributed by atoms with E-state index in [0.29, 0.717) is 57.6 Å². The summed E-state index contributed by atoms with van der Waals surface area (Å²) in [4.78, 5) is 57.6. The largest absolute Gasteiger partial charge is 0.268 e. The second-order valence-electron chi connectivity index (χ2n) is 12.0. The molecule has 2 aliphatic heterocycles. The minimum Gasteiger partial charge on any atom is -0.268 e. The molecule has 0 bridgehead atoms. The Morgan fingerprint density at radius 2 is 0.739 bits per heavy atom. The third-order valence-corrected chi connectivity index (χ3v) is 9.07. The molecule has 0 radical (unpaired) electrons. The first-order valence-corrected chi connectivity index (χ1v) is 15.6. The van der Waals surface area contributed by atoms with E-state index in [1.54, 1.807) is 36.4 Å². The van der Waals surface area contributed by atoms with Crippen molar-refractivity contribution in [3.8, 4) is 22.3 Å². The van der Waals surface area contributed by atoms with Crippen LogP contribution in [-0.2, 0) is 12.8 Å². The van der Waals surface area contributed by atoms with Gasteiger partial charge in [0.1, 0.15) is 0 Å². The molecule has 7 rings (SSSR count). The number of nitrogens with zero attached hydrogens (tertiary/aromatic N) is 2. The molecule has 6 heteroatoms. The van der Waals surface area contributed by atoms with Crippen molar-refractivity contribution >= 4 is 35.0 Å². The van der Waals surface area contributed by atoms with Crippen LogP contribution in [0, 0.1) is 13.8 Å². The molecule has 0 N–H and O–H groups in total. The minimum absolute atomic E-state index is 0.356. The Bertz CT molecular complexity index is 1960. The van der Waals surface area contributed by atoms with E-state index in [9.17, 15) is 19.2 Å². The fraction of sp³-hybridized carbons (Fsp3) is 0.150. The molecular formula is C40H32N2O4. The quantitative estimate of drug-likeness (QED) is 0.183. The van der Waals surface area contributed by atoms with Gasteiger partial charge in [0.15, 0.2) is 0 Å². The molecule has 5 aromatic carbocycles. The maximum Gasteiger partial charge on any atom is 0.266 e. The summed E-state index contributed by atoms with van der Waals surface area (Å²) < 4.78 is 0. The molecule has 0 saturated carbocycles. The van der Waals surface area contributed by atoms with Gasteiger partial charge in [0, 0.05) is 0 Å². The van der Waals surface area contributed by atoms with Gasteiger partial charge in [-0.3, -0.25) is 19.2 Å². The van der Waals surface area contributed by atoms with Crippen LogP contribution >= 0.6 is 0 Å². The fourth-order valence-corrected chi connectivity index (χ4v) is 6.42. The molecule has 5 aromatic rings. The summed E-state index contributed by atoms with van der Waals surface area (Å²) in [5.41, 5.74) is 9.69. The van der Waals surface area contributed by atoms with E-state index in [1.165, 1.54) is 9.80 Å². The Morgan fingerprint density at radius 1 is 0.413 bits per heavy atom. The lowest BCUT2D eigenvalue weighted by Crippen LogP contribution is -2.32. The molecule has 0 saturated heterocycles. The summed E-state index contributed by atoms with van der Waals surface area (Å²) in [7, 11) is 0. The zero-order chi connectivity index (χ0) is 32.3. The first-order chi connectivity index (χ1) is 22.2. The zero-order valence-corrected chi connectivity index (χ0v) is 26.2. The van der Waals surface area contributed by atoms with Crippen LogP contribution in [0.3, 0.4) is 0 Å². The average Bonchev–Trinajstić information content (AvgIpc) is 3.47. The van der Waals surface area contributed by atoms with Crippen molar-refractivity contribution in [3.05, 3.63) is 142 Å². The van der Waals surface area contributed by atoms with Crippen molar-refractivity contribution in [1.82, 2.24) is 0 Å². The van der Waals surface area contributed by atoms with Gasteiger partial charge in [0.05, 0.1) is 33.6 Å². The number of amides is 4. The monoisotopic (exact) mass is 604 g/mol. The maximum absolute atomic E-state index is 13.9. The molecule has 0 atom stereocenters. The molecule has 46 heavy (non-hydrogen) atoms. The highest BCUT2D eigenvalue weighted by molar-refractivity contribution is 6.36. The molecular weight excluding hydrogens is 572 g/mol. The van der Waals surface area contributed by atoms with Gasteiger partial charge in [0.2, 0.25) is 0 Å². The van der Waals surface area contributed by atoms with Crippen LogP contribution in [0.2, 0.25) is 0 Å². The number of anilines is 2. The highest BCUT2D eigenvalue weighted by atomic mass is 16.2. The van der Waals surface area contributed by atoms with Gasteiger partial charge in [-0.05, 0) is 96.5 Å². The van der Waals surface area contributed by atoms with Crippen LogP contribution in [0.4, 0.5) is 11.4 Å². The molecule has 226 valence electrons. The third kappa shape index (κ3) is 4.57.